The normalized spacial score (nSPS) is 10.4. The van der Waals surface area contributed by atoms with Crippen molar-refractivity contribution in [3.8, 4) is 0 Å². The number of rotatable bonds is 4. The molecule has 2 aromatic rings. The van der Waals surface area contributed by atoms with Crippen molar-refractivity contribution in [2.45, 2.75) is 19.9 Å². The molecule has 0 saturated heterocycles. The fraction of sp³-hybridized carbons (Fsp3) is 0.200. The molecular formula is C15H15BrFN. The maximum absolute atomic E-state index is 13.1. The molecule has 0 radical (unpaired) electrons. The third-order valence-electron chi connectivity index (χ3n) is 2.82. The molecule has 0 aliphatic heterocycles. The minimum absolute atomic E-state index is 0.194. The fourth-order valence-electron chi connectivity index (χ4n) is 1.87. The van der Waals surface area contributed by atoms with E-state index in [0.717, 1.165) is 22.1 Å². The molecule has 1 nitrogen and oxygen atoms in total. The molecular weight excluding hydrogens is 293 g/mol. The Morgan fingerprint density at radius 1 is 1.17 bits per heavy atom. The Balaban J connectivity index is 2.10. The maximum atomic E-state index is 13.1. The molecule has 0 aliphatic carbocycles. The summed E-state index contributed by atoms with van der Waals surface area (Å²) in [5, 5.41) is 3.35. The van der Waals surface area contributed by atoms with E-state index in [9.17, 15) is 4.39 Å². The van der Waals surface area contributed by atoms with Crippen LogP contribution in [0.2, 0.25) is 0 Å². The van der Waals surface area contributed by atoms with Crippen molar-refractivity contribution in [3.63, 3.8) is 0 Å². The second-order valence-corrected chi connectivity index (χ2v) is 5.05. The van der Waals surface area contributed by atoms with Crippen LogP contribution in [0.1, 0.15) is 18.1 Å². The molecule has 3 heteroatoms. The average Bonchev–Trinajstić information content (AvgIpc) is 2.37. The van der Waals surface area contributed by atoms with E-state index in [2.05, 4.69) is 34.2 Å². The summed E-state index contributed by atoms with van der Waals surface area (Å²) in [7, 11) is 0. The topological polar surface area (TPSA) is 12.0 Å². The zero-order chi connectivity index (χ0) is 13.0. The number of halogens is 2. The smallest absolute Gasteiger partial charge is 0.123 e. The molecule has 0 aliphatic rings. The number of hydrogen-bond donors (Lipinski definition) is 1. The number of nitrogens with one attached hydrogen (secondary N) is 1. The van der Waals surface area contributed by atoms with Crippen molar-refractivity contribution >= 4 is 21.6 Å². The van der Waals surface area contributed by atoms with E-state index < -0.39 is 0 Å². The molecule has 18 heavy (non-hydrogen) atoms. The Morgan fingerprint density at radius 2 is 2.00 bits per heavy atom. The van der Waals surface area contributed by atoms with Gasteiger partial charge in [0.1, 0.15) is 5.82 Å². The van der Waals surface area contributed by atoms with Gasteiger partial charge in [0.25, 0.3) is 0 Å². The van der Waals surface area contributed by atoms with Crippen LogP contribution in [0.3, 0.4) is 0 Å². The highest BCUT2D eigenvalue weighted by molar-refractivity contribution is 9.10. The molecule has 0 spiro atoms. The second-order valence-electron chi connectivity index (χ2n) is 4.14. The molecule has 2 aromatic carbocycles. The van der Waals surface area contributed by atoms with E-state index in [0.29, 0.717) is 6.54 Å². The Morgan fingerprint density at radius 3 is 2.72 bits per heavy atom. The molecule has 0 fully saturated rings. The molecule has 1 N–H and O–H groups in total. The lowest BCUT2D eigenvalue weighted by Crippen LogP contribution is -2.02. The van der Waals surface area contributed by atoms with Gasteiger partial charge in [-0.25, -0.2) is 4.39 Å². The Kier molecular flexibility index (Phi) is 4.37. The first kappa shape index (κ1) is 13.1. The third kappa shape index (κ3) is 3.33. The standard InChI is InChI=1S/C15H15BrFN/c1-2-12-9-13(16)6-7-15(12)18-10-11-4-3-5-14(17)8-11/h3-9,18H,2,10H2,1H3. The largest absolute Gasteiger partial charge is 0.381 e. The van der Waals surface area contributed by atoms with Gasteiger partial charge in [-0.05, 0) is 47.9 Å². The van der Waals surface area contributed by atoms with Crippen LogP contribution in [0.5, 0.6) is 0 Å². The molecule has 94 valence electrons. The number of benzene rings is 2. The summed E-state index contributed by atoms with van der Waals surface area (Å²) in [5.41, 5.74) is 3.30. The van der Waals surface area contributed by atoms with Gasteiger partial charge in [0.05, 0.1) is 0 Å². The first-order valence-electron chi connectivity index (χ1n) is 5.96. The van der Waals surface area contributed by atoms with Gasteiger partial charge in [0.2, 0.25) is 0 Å². The summed E-state index contributed by atoms with van der Waals surface area (Å²) in [6.07, 6.45) is 0.963. The van der Waals surface area contributed by atoms with E-state index >= 15 is 0 Å². The highest BCUT2D eigenvalue weighted by atomic mass is 79.9. The maximum Gasteiger partial charge on any atom is 0.123 e. The number of hydrogen-bond acceptors (Lipinski definition) is 1. The quantitative estimate of drug-likeness (QED) is 0.858. The summed E-state index contributed by atoms with van der Waals surface area (Å²) in [5.74, 6) is -0.194. The van der Waals surface area contributed by atoms with Crippen molar-refractivity contribution in [2.24, 2.45) is 0 Å². The summed E-state index contributed by atoms with van der Waals surface area (Å²) in [4.78, 5) is 0. The SMILES string of the molecule is CCc1cc(Br)ccc1NCc1cccc(F)c1. The van der Waals surface area contributed by atoms with Crippen LogP contribution in [-0.2, 0) is 13.0 Å². The third-order valence-corrected chi connectivity index (χ3v) is 3.31. The lowest BCUT2D eigenvalue weighted by Gasteiger charge is -2.11. The highest BCUT2D eigenvalue weighted by Gasteiger charge is 2.02. The van der Waals surface area contributed by atoms with E-state index in [-0.39, 0.29) is 5.82 Å². The predicted octanol–water partition coefficient (Wildman–Crippen LogP) is 4.76. The van der Waals surface area contributed by atoms with Gasteiger partial charge >= 0.3 is 0 Å². The molecule has 0 amide bonds. The van der Waals surface area contributed by atoms with Gasteiger partial charge in [0.15, 0.2) is 0 Å². The van der Waals surface area contributed by atoms with Crippen molar-refractivity contribution in [1.82, 2.24) is 0 Å². The van der Waals surface area contributed by atoms with Gasteiger partial charge in [-0.3, -0.25) is 0 Å². The van der Waals surface area contributed by atoms with Crippen LogP contribution < -0.4 is 5.32 Å². The van der Waals surface area contributed by atoms with Crippen LogP contribution in [0, 0.1) is 5.82 Å². The summed E-state index contributed by atoms with van der Waals surface area (Å²) < 4.78 is 14.1. The first-order valence-corrected chi connectivity index (χ1v) is 6.75. The molecule has 0 unspecified atom stereocenters. The molecule has 0 atom stereocenters. The van der Waals surface area contributed by atoms with Gasteiger partial charge in [-0.15, -0.1) is 0 Å². The van der Waals surface area contributed by atoms with E-state index in [1.54, 1.807) is 12.1 Å². The van der Waals surface area contributed by atoms with Gasteiger partial charge in [-0.2, -0.15) is 0 Å². The van der Waals surface area contributed by atoms with Gasteiger partial charge < -0.3 is 5.32 Å². The minimum Gasteiger partial charge on any atom is -0.381 e. The zero-order valence-electron chi connectivity index (χ0n) is 10.2. The molecule has 2 rings (SSSR count). The Labute approximate surface area is 115 Å². The van der Waals surface area contributed by atoms with Crippen molar-refractivity contribution in [1.29, 1.82) is 0 Å². The van der Waals surface area contributed by atoms with Crippen molar-refractivity contribution < 1.29 is 4.39 Å². The van der Waals surface area contributed by atoms with Gasteiger partial charge in [-0.1, -0.05) is 35.0 Å². The molecule has 0 saturated carbocycles. The van der Waals surface area contributed by atoms with Crippen LogP contribution >= 0.6 is 15.9 Å². The summed E-state index contributed by atoms with van der Waals surface area (Å²) >= 11 is 3.47. The van der Waals surface area contributed by atoms with E-state index in [1.165, 1.54) is 11.6 Å². The highest BCUT2D eigenvalue weighted by Crippen LogP contribution is 2.22. The summed E-state index contributed by atoms with van der Waals surface area (Å²) in [6, 6.07) is 12.8. The first-order chi connectivity index (χ1) is 8.69. The average molecular weight is 308 g/mol. The Hall–Kier alpha value is -1.35. The van der Waals surface area contributed by atoms with E-state index in [1.807, 2.05) is 18.2 Å². The lowest BCUT2D eigenvalue weighted by atomic mass is 10.1. The second kappa shape index (κ2) is 6.01. The molecule has 0 aromatic heterocycles. The zero-order valence-corrected chi connectivity index (χ0v) is 11.8. The number of anilines is 1. The van der Waals surface area contributed by atoms with Gasteiger partial charge in [0, 0.05) is 16.7 Å². The van der Waals surface area contributed by atoms with E-state index in [4.69, 9.17) is 0 Å². The van der Waals surface area contributed by atoms with Crippen LogP contribution in [0.15, 0.2) is 46.9 Å². The van der Waals surface area contributed by atoms with Crippen LogP contribution in [0.25, 0.3) is 0 Å². The van der Waals surface area contributed by atoms with Crippen LogP contribution in [-0.4, -0.2) is 0 Å². The van der Waals surface area contributed by atoms with Crippen molar-refractivity contribution in [3.05, 3.63) is 63.9 Å². The summed E-state index contributed by atoms with van der Waals surface area (Å²) in [6.45, 7) is 2.75. The number of aryl methyl sites for hydroxylation is 1. The molecule has 0 bridgehead atoms. The monoisotopic (exact) mass is 307 g/mol. The fourth-order valence-corrected chi connectivity index (χ4v) is 2.28. The minimum atomic E-state index is -0.194. The molecule has 0 heterocycles. The van der Waals surface area contributed by atoms with Crippen molar-refractivity contribution in [2.75, 3.05) is 5.32 Å². The Bertz CT molecular complexity index is 540. The predicted molar refractivity (Wildman–Crippen MR) is 77.2 cm³/mol. The lowest BCUT2D eigenvalue weighted by molar-refractivity contribution is 0.626. The van der Waals surface area contributed by atoms with Crippen LogP contribution in [0.4, 0.5) is 10.1 Å².